The quantitative estimate of drug-likeness (QED) is 0.223. The van der Waals surface area contributed by atoms with Crippen molar-refractivity contribution in [2.75, 3.05) is 49.1 Å². The van der Waals surface area contributed by atoms with Crippen LogP contribution in [0.15, 0.2) is 66.9 Å². The number of carbonyl (C=O) groups excluding carboxylic acids is 4. The second-order valence-electron chi connectivity index (χ2n) is 18.9. The number of nitrogens with one attached hydrogen (secondary N) is 2. The number of fused-ring (bicyclic) bond motifs is 3. The van der Waals surface area contributed by atoms with Crippen LogP contribution in [0.2, 0.25) is 0 Å². The van der Waals surface area contributed by atoms with Crippen molar-refractivity contribution in [3.05, 3.63) is 94.7 Å². The van der Waals surface area contributed by atoms with Gasteiger partial charge in [-0.1, -0.05) is 13.8 Å². The number of hydrogen-bond acceptors (Lipinski definition) is 11. The van der Waals surface area contributed by atoms with Gasteiger partial charge in [0.05, 0.1) is 39.7 Å². The van der Waals surface area contributed by atoms with Crippen LogP contribution in [0.4, 0.5) is 11.4 Å². The zero-order valence-corrected chi connectivity index (χ0v) is 35.6. The highest BCUT2D eigenvalue weighted by atomic mass is 16.5. The number of aliphatic hydroxyl groups is 1. The highest BCUT2D eigenvalue weighted by Gasteiger charge is 2.69. The van der Waals surface area contributed by atoms with Gasteiger partial charge < -0.3 is 30.3 Å². The van der Waals surface area contributed by atoms with Gasteiger partial charge in [-0.05, 0) is 105 Å². The second-order valence-corrected chi connectivity index (χ2v) is 18.9. The van der Waals surface area contributed by atoms with Gasteiger partial charge in [0.1, 0.15) is 24.2 Å². The average molecular weight is 837 g/mol. The predicted molar refractivity (Wildman–Crippen MR) is 232 cm³/mol. The number of carbonyl (C=O) groups is 4. The number of piperidine rings is 2. The Morgan fingerprint density at radius 3 is 2.40 bits per heavy atom. The van der Waals surface area contributed by atoms with Crippen LogP contribution in [-0.2, 0) is 10.2 Å². The molecule has 3 aromatic carbocycles. The zero-order valence-electron chi connectivity index (χ0n) is 35.6. The molecule has 4 unspecified atom stereocenters. The molecule has 0 radical (unpaired) electrons. The van der Waals surface area contributed by atoms with Crippen LogP contribution in [0.3, 0.4) is 0 Å². The molecular weight excluding hydrogens is 785 g/mol. The molecule has 3 saturated heterocycles. The SMILES string of the molecule is C[C@H]1CN(c2ccc3c(c2)C(=O)N(C2CCC(=O)NC2O)C3=O)CCN1CC1CCN(c2ccc(C(=O)NC3C(C)(C)[C@@H]4Oc5ccc(C#N)c6nccc(c56)C34C)cc2)CC1. The van der Waals surface area contributed by atoms with Crippen molar-refractivity contribution in [1.82, 2.24) is 25.4 Å². The van der Waals surface area contributed by atoms with Crippen LogP contribution in [0.1, 0.15) is 95.6 Å². The third kappa shape index (κ3) is 6.22. The smallest absolute Gasteiger partial charge is 0.262 e. The molecule has 6 aliphatic rings. The molecule has 14 nitrogen and oxygen atoms in total. The summed E-state index contributed by atoms with van der Waals surface area (Å²) in [5, 5.41) is 26.9. The van der Waals surface area contributed by atoms with E-state index in [2.05, 4.69) is 76.2 Å². The van der Waals surface area contributed by atoms with Gasteiger partial charge in [-0.2, -0.15) is 5.26 Å². The van der Waals surface area contributed by atoms with Gasteiger partial charge in [-0.3, -0.25) is 34.0 Å². The number of rotatable bonds is 7. The molecule has 6 heterocycles. The zero-order chi connectivity index (χ0) is 43.2. The van der Waals surface area contributed by atoms with Gasteiger partial charge in [0.25, 0.3) is 17.7 Å². The molecule has 4 aromatic rings. The predicted octanol–water partition coefficient (Wildman–Crippen LogP) is 4.58. The third-order valence-electron chi connectivity index (χ3n) is 14.9. The number of piperazine rings is 1. The Bertz CT molecular complexity index is 2560. The Kier molecular flexibility index (Phi) is 9.57. The first-order valence-corrected chi connectivity index (χ1v) is 21.9. The van der Waals surface area contributed by atoms with Gasteiger partial charge in [0, 0.05) is 85.7 Å². The summed E-state index contributed by atoms with van der Waals surface area (Å²) < 4.78 is 6.59. The van der Waals surface area contributed by atoms with Gasteiger partial charge in [0.15, 0.2) is 0 Å². The first-order chi connectivity index (χ1) is 29.8. The van der Waals surface area contributed by atoms with E-state index in [9.17, 15) is 29.5 Å². The summed E-state index contributed by atoms with van der Waals surface area (Å²) in [5.74, 6) is 0.0253. The maximum atomic E-state index is 13.9. The summed E-state index contributed by atoms with van der Waals surface area (Å²) >= 11 is 0. The maximum Gasteiger partial charge on any atom is 0.262 e. The largest absolute Gasteiger partial charge is 0.488 e. The van der Waals surface area contributed by atoms with E-state index in [1.165, 1.54) is 0 Å². The maximum absolute atomic E-state index is 13.9. The molecule has 1 saturated carbocycles. The van der Waals surface area contributed by atoms with Crippen molar-refractivity contribution in [2.24, 2.45) is 11.3 Å². The fourth-order valence-corrected chi connectivity index (χ4v) is 11.7. The van der Waals surface area contributed by atoms with Crippen LogP contribution in [0.25, 0.3) is 10.9 Å². The minimum atomic E-state index is -1.28. The lowest BCUT2D eigenvalue weighted by atomic mass is 9.45. The fourth-order valence-electron chi connectivity index (χ4n) is 11.7. The number of benzene rings is 3. The lowest BCUT2D eigenvalue weighted by Gasteiger charge is -2.66. The van der Waals surface area contributed by atoms with E-state index in [0.29, 0.717) is 39.7 Å². The second kappa shape index (κ2) is 14.8. The van der Waals surface area contributed by atoms with Crippen molar-refractivity contribution >= 4 is 45.9 Å². The Labute approximate surface area is 360 Å². The van der Waals surface area contributed by atoms with Gasteiger partial charge in [0.2, 0.25) is 5.91 Å². The van der Waals surface area contributed by atoms with Crippen LogP contribution in [-0.4, -0.2) is 113 Å². The summed E-state index contributed by atoms with van der Waals surface area (Å²) in [6.07, 6.45) is 2.84. The Morgan fingerprint density at radius 2 is 1.68 bits per heavy atom. The number of ether oxygens (including phenoxy) is 1. The number of aliphatic hydroxyl groups excluding tert-OH is 1. The topological polar surface area (TPSA) is 171 Å². The van der Waals surface area contributed by atoms with Crippen molar-refractivity contribution in [1.29, 1.82) is 5.26 Å². The molecule has 14 heteroatoms. The highest BCUT2D eigenvalue weighted by Crippen LogP contribution is 2.61. The number of anilines is 2. The number of pyridine rings is 1. The van der Waals surface area contributed by atoms with Gasteiger partial charge in [-0.25, -0.2) is 0 Å². The number of hydrogen-bond donors (Lipinski definition) is 3. The minimum Gasteiger partial charge on any atom is -0.488 e. The number of nitrogens with zero attached hydrogens (tertiary/aromatic N) is 6. The Morgan fingerprint density at radius 1 is 0.935 bits per heavy atom. The van der Waals surface area contributed by atoms with E-state index in [1.807, 2.05) is 36.4 Å². The lowest BCUT2D eigenvalue weighted by molar-refractivity contribution is -0.131. The molecule has 4 amide bonds. The van der Waals surface area contributed by atoms with Crippen molar-refractivity contribution < 1.29 is 29.0 Å². The van der Waals surface area contributed by atoms with Crippen LogP contribution in [0.5, 0.6) is 5.75 Å². The van der Waals surface area contributed by atoms with Crippen LogP contribution in [0, 0.1) is 22.7 Å². The molecule has 4 fully saturated rings. The summed E-state index contributed by atoms with van der Waals surface area (Å²) in [5.41, 5.74) is 4.63. The summed E-state index contributed by atoms with van der Waals surface area (Å²) in [6.45, 7) is 14.1. The molecule has 62 heavy (non-hydrogen) atoms. The molecule has 6 atom stereocenters. The Balaban J connectivity index is 0.729. The number of imide groups is 1. The molecule has 1 aliphatic carbocycles. The highest BCUT2D eigenvalue weighted by molar-refractivity contribution is 6.22. The van der Waals surface area contributed by atoms with E-state index in [-0.39, 0.29) is 42.2 Å². The van der Waals surface area contributed by atoms with E-state index < -0.39 is 29.5 Å². The third-order valence-corrected chi connectivity index (χ3v) is 14.9. The first kappa shape index (κ1) is 40.1. The van der Waals surface area contributed by atoms with Crippen molar-refractivity contribution in [3.8, 4) is 11.8 Å². The van der Waals surface area contributed by atoms with E-state index in [0.717, 1.165) is 85.1 Å². The summed E-state index contributed by atoms with van der Waals surface area (Å²) in [7, 11) is 0. The van der Waals surface area contributed by atoms with E-state index in [1.54, 1.807) is 18.3 Å². The standard InChI is InChI=1S/C48H52N8O6/c1-27-25-55(32-10-11-33-34(23-32)44(61)56(43(33)60)36-12-14-38(57)51-42(36)59)22-21-54(27)26-28-16-19-53(20-17-28)31-8-5-29(6-9-31)41(58)52-45-47(2,3)46-48(45,4)35-15-18-50-40-30(24-49)7-13-37(62-46)39(35)40/h5-11,13,15,18,23,27-28,36,42,45-46,59H,12,14,16-17,19-22,25-26H2,1-4H3,(H,51,57)(H,52,58)/t27-,36?,42?,45?,46-,48?/m0/s1. The minimum absolute atomic E-state index is 0.122. The van der Waals surface area contributed by atoms with E-state index >= 15 is 0 Å². The molecule has 1 aromatic heterocycles. The van der Waals surface area contributed by atoms with Gasteiger partial charge in [-0.15, -0.1) is 0 Å². The summed E-state index contributed by atoms with van der Waals surface area (Å²) in [4.78, 5) is 65.2. The van der Waals surface area contributed by atoms with E-state index in [4.69, 9.17) is 4.74 Å². The molecular formula is C48H52N8O6. The Hall–Kier alpha value is -6.04. The first-order valence-electron chi connectivity index (χ1n) is 21.9. The van der Waals surface area contributed by atoms with Crippen molar-refractivity contribution in [2.45, 2.75) is 89.3 Å². The molecule has 3 N–H and O–H groups in total. The fraction of sp³-hybridized carbons (Fsp3) is 0.458. The molecule has 0 bridgehead atoms. The number of nitriles is 1. The molecule has 10 rings (SSSR count). The van der Waals surface area contributed by atoms with Gasteiger partial charge >= 0.3 is 0 Å². The molecule has 5 aliphatic heterocycles. The molecule has 320 valence electrons. The van der Waals surface area contributed by atoms with Crippen molar-refractivity contribution in [3.63, 3.8) is 0 Å². The summed E-state index contributed by atoms with van der Waals surface area (Å²) in [6, 6.07) is 20.6. The lowest BCUT2D eigenvalue weighted by Crippen LogP contribution is -2.78. The number of aromatic nitrogens is 1. The molecule has 0 spiro atoms. The average Bonchev–Trinajstić information content (AvgIpc) is 3.52. The monoisotopic (exact) mass is 836 g/mol. The van der Waals surface area contributed by atoms with Crippen LogP contribution < -0.4 is 25.2 Å². The normalized spacial score (nSPS) is 28.1. The van der Waals surface area contributed by atoms with Crippen LogP contribution >= 0.6 is 0 Å². The number of amides is 4.